The molecule has 0 aliphatic carbocycles. The van der Waals surface area contributed by atoms with Crippen LogP contribution in [-0.4, -0.2) is 87.2 Å². The number of aryl methyl sites for hydroxylation is 1. The zero-order valence-electron chi connectivity index (χ0n) is 35.8. The van der Waals surface area contributed by atoms with Gasteiger partial charge in [-0.15, -0.1) is 30.7 Å². The Morgan fingerprint density at radius 3 is 1.50 bits per heavy atom. The number of nitrogens with zero attached hydrogens (tertiary/aromatic N) is 7. The van der Waals surface area contributed by atoms with Crippen LogP contribution in [0.4, 0.5) is 34.1 Å². The Hall–Kier alpha value is -8.49. The van der Waals surface area contributed by atoms with Crippen LogP contribution >= 0.6 is 0 Å². The number of benzene rings is 7. The molecule has 0 atom stereocenters. The third-order valence-corrected chi connectivity index (χ3v) is 14.0. The maximum Gasteiger partial charge on any atom is 0.299 e. The summed E-state index contributed by atoms with van der Waals surface area (Å²) in [6, 6.07) is 20.4. The highest BCUT2D eigenvalue weighted by atomic mass is 32.2. The first-order valence-corrected chi connectivity index (χ1v) is 25.4. The SMILES string of the molecule is Cc1[nH]n(-c2ccccc2)c(=O)c1N=Nc1ccc(-c2ccc(N=Nc3c(S(=O)(=O)O)cc4c(O)c(N=Nc5c(S(=O)(=O)O)cc6cc(S(=O)(=O)O)cc(S(=O)(=O)O)c6c5O)ccc4c3O)c(O)c2)cc1O. The number of rotatable bonds is 12. The summed E-state index contributed by atoms with van der Waals surface area (Å²) in [5.41, 5.74) is -2.00. The van der Waals surface area contributed by atoms with Gasteiger partial charge in [0.05, 0.1) is 16.3 Å². The van der Waals surface area contributed by atoms with E-state index >= 15 is 0 Å². The fourth-order valence-electron chi connectivity index (χ4n) is 7.14. The van der Waals surface area contributed by atoms with E-state index in [1.165, 1.54) is 41.1 Å². The highest BCUT2D eigenvalue weighted by Crippen LogP contribution is 2.49. The molecule has 72 heavy (non-hydrogen) atoms. The van der Waals surface area contributed by atoms with Crippen molar-refractivity contribution in [2.24, 2.45) is 30.7 Å². The average Bonchev–Trinajstić information content (AvgIpc) is 3.58. The number of nitrogens with one attached hydrogen (secondary N) is 1. The Balaban J connectivity index is 1.11. The normalized spacial score (nSPS) is 12.8. The first-order chi connectivity index (χ1) is 33.6. The van der Waals surface area contributed by atoms with Gasteiger partial charge in [0.1, 0.15) is 54.6 Å². The Morgan fingerprint density at radius 2 is 0.972 bits per heavy atom. The standard InChI is InChI=1S/C42H30N8O18S4/c1-19-36(42(56)50(49-19)23-5-3-2-4-6-23)46-43-27-10-7-20(14-30(27)51)21-8-11-28(31(52)15-21)44-47-37-34(72(66,67)68)18-26-25(40(37)54)9-12-29(39(26)53)45-48-38-33(71(63,64)65)16-22-13-24(69(57,58)59)17-32(70(60,61)62)35(22)41(38)55/h2-18,49,51-55H,1H3,(H,57,58,59)(H,60,61,62)(H,63,64,65)(H,66,67,68). The van der Waals surface area contributed by atoms with Crippen molar-refractivity contribution >= 4 is 96.1 Å². The lowest BCUT2D eigenvalue weighted by Gasteiger charge is -2.13. The van der Waals surface area contributed by atoms with Gasteiger partial charge < -0.3 is 25.5 Å². The van der Waals surface area contributed by atoms with Crippen LogP contribution in [0.3, 0.4) is 0 Å². The molecule has 8 rings (SSSR count). The van der Waals surface area contributed by atoms with Crippen molar-refractivity contribution in [2.75, 3.05) is 0 Å². The quantitative estimate of drug-likeness (QED) is 0.0407. The fourth-order valence-corrected chi connectivity index (χ4v) is 9.81. The fraction of sp³-hybridized carbons (Fsp3) is 0.0238. The molecule has 8 aromatic rings. The van der Waals surface area contributed by atoms with Gasteiger partial charge in [-0.1, -0.05) is 30.3 Å². The molecule has 0 saturated heterocycles. The second-order valence-corrected chi connectivity index (χ2v) is 20.8. The van der Waals surface area contributed by atoms with E-state index in [1.807, 2.05) is 0 Å². The summed E-state index contributed by atoms with van der Waals surface area (Å²) in [4.78, 5) is 7.93. The molecule has 0 unspecified atom stereocenters. The Labute approximate surface area is 403 Å². The molecule has 1 heterocycles. The van der Waals surface area contributed by atoms with Gasteiger partial charge >= 0.3 is 0 Å². The molecule has 7 aromatic carbocycles. The molecule has 0 fully saturated rings. The van der Waals surface area contributed by atoms with Crippen LogP contribution in [0.5, 0.6) is 28.7 Å². The predicted octanol–water partition coefficient (Wildman–Crippen LogP) is 8.21. The van der Waals surface area contributed by atoms with Crippen molar-refractivity contribution in [2.45, 2.75) is 26.5 Å². The summed E-state index contributed by atoms with van der Waals surface area (Å²) in [6.45, 7) is 1.63. The summed E-state index contributed by atoms with van der Waals surface area (Å²) in [7, 11) is -21.5. The van der Waals surface area contributed by atoms with Crippen molar-refractivity contribution in [3.05, 3.63) is 119 Å². The largest absolute Gasteiger partial charge is 0.506 e. The number of phenolic OH excluding ortho intramolecular Hbond substituents is 5. The topological polar surface area (TPSA) is 431 Å². The van der Waals surface area contributed by atoms with E-state index in [9.17, 15) is 82.2 Å². The van der Waals surface area contributed by atoms with Crippen LogP contribution in [-0.2, 0) is 40.5 Å². The molecule has 30 heteroatoms. The van der Waals surface area contributed by atoms with E-state index in [4.69, 9.17) is 0 Å². The summed E-state index contributed by atoms with van der Waals surface area (Å²) in [5.74, 6) is -4.41. The highest BCUT2D eigenvalue weighted by molar-refractivity contribution is 7.87. The molecule has 0 saturated carbocycles. The zero-order valence-corrected chi connectivity index (χ0v) is 39.0. The Morgan fingerprint density at radius 1 is 0.472 bits per heavy atom. The molecule has 0 spiro atoms. The number of H-pyrrole nitrogens is 1. The minimum Gasteiger partial charge on any atom is -0.506 e. The minimum absolute atomic E-state index is 0.00131. The number of aromatic nitrogens is 2. The molecular formula is C42H30N8O18S4. The van der Waals surface area contributed by atoms with Crippen molar-refractivity contribution in [3.63, 3.8) is 0 Å². The third-order valence-electron chi connectivity index (χ3n) is 10.5. The van der Waals surface area contributed by atoms with E-state index < -0.39 is 122 Å². The van der Waals surface area contributed by atoms with Crippen LogP contribution in [0.15, 0.2) is 158 Å². The summed E-state index contributed by atoms with van der Waals surface area (Å²) >= 11 is 0. The molecule has 370 valence electrons. The molecule has 26 nitrogen and oxygen atoms in total. The molecular weight excluding hydrogens is 1030 g/mol. The predicted molar refractivity (Wildman–Crippen MR) is 251 cm³/mol. The second kappa shape index (κ2) is 18.0. The summed E-state index contributed by atoms with van der Waals surface area (Å²) in [5, 5.41) is 78.2. The number of aromatic hydroxyl groups is 5. The number of hydrogen-bond acceptors (Lipinski definition) is 20. The number of azo groups is 3. The average molecular weight is 1060 g/mol. The summed E-state index contributed by atoms with van der Waals surface area (Å²) in [6.07, 6.45) is 0. The van der Waals surface area contributed by atoms with E-state index in [0.29, 0.717) is 40.7 Å². The Bertz CT molecular complexity index is 4260. The lowest BCUT2D eigenvalue weighted by molar-refractivity contribution is 0.469. The van der Waals surface area contributed by atoms with E-state index in [2.05, 4.69) is 35.8 Å². The second-order valence-electron chi connectivity index (χ2n) is 15.2. The van der Waals surface area contributed by atoms with E-state index in [1.54, 1.807) is 37.3 Å². The lowest BCUT2D eigenvalue weighted by Crippen LogP contribution is -2.13. The van der Waals surface area contributed by atoms with E-state index in [-0.39, 0.29) is 34.3 Å². The molecule has 0 aliphatic heterocycles. The lowest BCUT2D eigenvalue weighted by atomic mass is 10.0. The first kappa shape index (κ1) is 49.9. The van der Waals surface area contributed by atoms with Crippen molar-refractivity contribution < 1.29 is 77.4 Å². The van der Waals surface area contributed by atoms with Gasteiger partial charge in [0, 0.05) is 16.2 Å². The van der Waals surface area contributed by atoms with E-state index in [0.717, 1.165) is 12.1 Å². The molecule has 0 aliphatic rings. The molecule has 0 amide bonds. The van der Waals surface area contributed by atoms with Gasteiger partial charge in [-0.25, -0.2) is 4.68 Å². The van der Waals surface area contributed by atoms with Gasteiger partial charge in [-0.05, 0) is 96.2 Å². The summed E-state index contributed by atoms with van der Waals surface area (Å²) < 4.78 is 139. The van der Waals surface area contributed by atoms with Gasteiger partial charge in [0.25, 0.3) is 46.0 Å². The number of aromatic amines is 1. The minimum atomic E-state index is -5.48. The zero-order chi connectivity index (χ0) is 52.4. The van der Waals surface area contributed by atoms with Gasteiger partial charge in [-0.3, -0.25) is 28.1 Å². The van der Waals surface area contributed by atoms with Crippen molar-refractivity contribution in [1.82, 2.24) is 9.78 Å². The first-order valence-electron chi connectivity index (χ1n) is 19.7. The van der Waals surface area contributed by atoms with Gasteiger partial charge in [0.2, 0.25) is 0 Å². The van der Waals surface area contributed by atoms with Crippen LogP contribution in [0.2, 0.25) is 0 Å². The van der Waals surface area contributed by atoms with Crippen molar-refractivity contribution in [3.8, 4) is 45.6 Å². The number of para-hydroxylation sites is 1. The molecule has 0 bridgehead atoms. The van der Waals surface area contributed by atoms with Gasteiger partial charge in [0.15, 0.2) is 22.9 Å². The molecule has 10 N–H and O–H groups in total. The number of fused-ring (bicyclic) bond motifs is 2. The number of phenols is 5. The van der Waals surface area contributed by atoms with Crippen LogP contribution in [0, 0.1) is 6.92 Å². The molecule has 0 radical (unpaired) electrons. The van der Waals surface area contributed by atoms with Crippen LogP contribution in [0.1, 0.15) is 5.69 Å². The third kappa shape index (κ3) is 9.56. The van der Waals surface area contributed by atoms with Crippen LogP contribution < -0.4 is 5.56 Å². The monoisotopic (exact) mass is 1060 g/mol. The maximum absolute atomic E-state index is 13.0. The Kier molecular flexibility index (Phi) is 12.5. The number of hydrogen-bond donors (Lipinski definition) is 10. The van der Waals surface area contributed by atoms with Gasteiger partial charge in [-0.2, -0.15) is 33.7 Å². The van der Waals surface area contributed by atoms with Crippen LogP contribution in [0.25, 0.3) is 38.4 Å². The maximum atomic E-state index is 13.0. The molecule has 1 aromatic heterocycles. The highest BCUT2D eigenvalue weighted by Gasteiger charge is 2.30. The van der Waals surface area contributed by atoms with Crippen molar-refractivity contribution in [1.29, 1.82) is 0 Å². The smallest absolute Gasteiger partial charge is 0.299 e.